The van der Waals surface area contributed by atoms with Crippen LogP contribution in [-0.2, 0) is 6.54 Å². The van der Waals surface area contributed by atoms with Gasteiger partial charge in [0.1, 0.15) is 16.5 Å². The Labute approximate surface area is 106 Å². The molecule has 1 rings (SSSR count). The largest absolute Gasteiger partial charge is 0.393 e. The van der Waals surface area contributed by atoms with Gasteiger partial charge in [-0.15, -0.1) is 6.58 Å². The summed E-state index contributed by atoms with van der Waals surface area (Å²) in [6, 6.07) is 0. The summed E-state index contributed by atoms with van der Waals surface area (Å²) in [4.78, 5) is 0. The maximum atomic E-state index is 4.22. The maximum absolute atomic E-state index is 4.22. The molecule has 96 valence electrons. The van der Waals surface area contributed by atoms with Crippen molar-refractivity contribution < 1.29 is 0 Å². The summed E-state index contributed by atoms with van der Waals surface area (Å²) < 4.78 is 4.34. The van der Waals surface area contributed by atoms with E-state index in [4.69, 9.17) is 0 Å². The molecule has 17 heavy (non-hydrogen) atoms. The van der Waals surface area contributed by atoms with Gasteiger partial charge in [0.2, 0.25) is 5.95 Å². The number of rotatable bonds is 5. The molecule has 0 aliphatic heterocycles. The van der Waals surface area contributed by atoms with Crippen LogP contribution in [0.4, 0.5) is 5.95 Å². The zero-order chi connectivity index (χ0) is 13.3. The van der Waals surface area contributed by atoms with E-state index in [9.17, 15) is 0 Å². The Balaban J connectivity index is 3.23. The zero-order valence-corrected chi connectivity index (χ0v) is 13.7. The molecule has 0 aliphatic rings. The van der Waals surface area contributed by atoms with E-state index in [2.05, 4.69) is 65.6 Å². The van der Waals surface area contributed by atoms with Crippen LogP contribution in [0.5, 0.6) is 0 Å². The summed E-state index contributed by atoms with van der Waals surface area (Å²) in [6.07, 6.45) is 1.83. The molecule has 1 heterocycles. The van der Waals surface area contributed by atoms with Gasteiger partial charge in [-0.1, -0.05) is 50.5 Å². The second-order valence-corrected chi connectivity index (χ2v) is 16.2. The highest BCUT2D eigenvalue weighted by molar-refractivity contribution is 6.99. The van der Waals surface area contributed by atoms with Crippen LogP contribution in [-0.4, -0.2) is 36.7 Å². The minimum absolute atomic E-state index is 0.661. The van der Waals surface area contributed by atoms with Gasteiger partial charge in [-0.3, -0.25) is 0 Å². The molecule has 0 spiro atoms. The average molecular weight is 270 g/mol. The predicted octanol–water partition coefficient (Wildman–Crippen LogP) is 2.34. The van der Waals surface area contributed by atoms with Crippen molar-refractivity contribution in [3.8, 4) is 0 Å². The average Bonchev–Trinajstić information content (AvgIpc) is 2.48. The molecule has 5 nitrogen and oxygen atoms in total. The van der Waals surface area contributed by atoms with E-state index >= 15 is 0 Å². The first-order valence-electron chi connectivity index (χ1n) is 5.85. The first-order valence-corrected chi connectivity index (χ1v) is 12.7. The zero-order valence-electron chi connectivity index (χ0n) is 11.7. The third-order valence-corrected chi connectivity index (χ3v) is 9.46. The lowest BCUT2D eigenvalue weighted by Gasteiger charge is -2.43. The lowest BCUT2D eigenvalue weighted by Crippen LogP contribution is -2.60. The molecule has 0 fully saturated rings. The lowest BCUT2D eigenvalue weighted by atomic mass is 10.6. The number of anilines is 1. The molecule has 0 aliphatic carbocycles. The molecule has 0 atom stereocenters. The Hall–Kier alpha value is -0.956. The second kappa shape index (κ2) is 4.73. The van der Waals surface area contributed by atoms with E-state index in [0.717, 1.165) is 5.95 Å². The molecule has 0 N–H and O–H groups in total. The van der Waals surface area contributed by atoms with Crippen molar-refractivity contribution >= 4 is 22.4 Å². The number of aromatic nitrogens is 4. The van der Waals surface area contributed by atoms with Crippen LogP contribution in [0.3, 0.4) is 0 Å². The van der Waals surface area contributed by atoms with Gasteiger partial charge in [0.15, 0.2) is 0 Å². The van der Waals surface area contributed by atoms with Gasteiger partial charge < -0.3 is 4.23 Å². The fourth-order valence-corrected chi connectivity index (χ4v) is 11.8. The summed E-state index contributed by atoms with van der Waals surface area (Å²) in [5.74, 6) is 0.906. The van der Waals surface area contributed by atoms with E-state index in [-0.39, 0.29) is 0 Å². The third-order valence-electron chi connectivity index (χ3n) is 2.36. The van der Waals surface area contributed by atoms with Crippen LogP contribution in [0.25, 0.3) is 0 Å². The highest BCUT2D eigenvalue weighted by atomic mass is 28.4. The van der Waals surface area contributed by atoms with Crippen LogP contribution in [0, 0.1) is 0 Å². The molecule has 0 bridgehead atoms. The van der Waals surface area contributed by atoms with Crippen LogP contribution in [0.2, 0.25) is 39.3 Å². The minimum atomic E-state index is -1.49. The van der Waals surface area contributed by atoms with Crippen molar-refractivity contribution in [1.82, 2.24) is 20.2 Å². The van der Waals surface area contributed by atoms with Gasteiger partial charge in [0.05, 0.1) is 6.54 Å². The Kier molecular flexibility index (Phi) is 3.93. The van der Waals surface area contributed by atoms with Gasteiger partial charge >= 0.3 is 0 Å². The number of allylic oxidation sites excluding steroid dienone is 1. The number of tetrazole rings is 1. The van der Waals surface area contributed by atoms with Gasteiger partial charge in [-0.25, -0.2) is 4.68 Å². The van der Waals surface area contributed by atoms with E-state index in [0.29, 0.717) is 6.54 Å². The standard InChI is InChI=1S/C10H23N5Si2/c1-8-9-14-10(11-12-13-14)15(16(2,3)4)17(5,6)7/h8H,1,9H2,2-7H3. The first kappa shape index (κ1) is 14.1. The van der Waals surface area contributed by atoms with Crippen LogP contribution in [0.1, 0.15) is 0 Å². The van der Waals surface area contributed by atoms with Gasteiger partial charge in [-0.05, 0) is 10.4 Å². The number of hydrogen-bond acceptors (Lipinski definition) is 4. The Bertz CT molecular complexity index is 374. The summed E-state index contributed by atoms with van der Waals surface area (Å²) in [5, 5.41) is 12.1. The van der Waals surface area contributed by atoms with Gasteiger partial charge in [0.25, 0.3) is 0 Å². The van der Waals surface area contributed by atoms with Crippen LogP contribution in [0.15, 0.2) is 12.7 Å². The maximum Gasteiger partial charge on any atom is 0.229 e. The molecule has 0 aromatic carbocycles. The SMILES string of the molecule is C=CCn1nnnc1N([Si](C)(C)C)[Si](C)(C)C. The molecule has 1 aromatic rings. The van der Waals surface area contributed by atoms with E-state index < -0.39 is 16.5 Å². The fourth-order valence-electron chi connectivity index (χ4n) is 2.21. The molecular formula is C10H23N5Si2. The molecular weight excluding hydrogens is 246 g/mol. The lowest BCUT2D eigenvalue weighted by molar-refractivity contribution is 0.663. The predicted molar refractivity (Wildman–Crippen MR) is 77.2 cm³/mol. The van der Waals surface area contributed by atoms with Crippen LogP contribution < -0.4 is 4.23 Å². The molecule has 0 saturated heterocycles. The van der Waals surface area contributed by atoms with Gasteiger partial charge in [0, 0.05) is 0 Å². The summed E-state index contributed by atoms with van der Waals surface area (Å²) >= 11 is 0. The van der Waals surface area contributed by atoms with Crippen molar-refractivity contribution in [1.29, 1.82) is 0 Å². The highest BCUT2D eigenvalue weighted by Crippen LogP contribution is 2.25. The van der Waals surface area contributed by atoms with Crippen molar-refractivity contribution in [3.63, 3.8) is 0 Å². The van der Waals surface area contributed by atoms with E-state index in [1.807, 2.05) is 10.8 Å². The highest BCUT2D eigenvalue weighted by Gasteiger charge is 2.37. The summed E-state index contributed by atoms with van der Waals surface area (Å²) in [6.45, 7) is 18.4. The minimum Gasteiger partial charge on any atom is -0.393 e. The van der Waals surface area contributed by atoms with E-state index in [1.165, 1.54) is 0 Å². The van der Waals surface area contributed by atoms with E-state index in [1.54, 1.807) is 0 Å². The quantitative estimate of drug-likeness (QED) is 0.608. The van der Waals surface area contributed by atoms with Crippen LogP contribution >= 0.6 is 0 Å². The summed E-state index contributed by atoms with van der Waals surface area (Å²) in [5.41, 5.74) is 0. The monoisotopic (exact) mass is 269 g/mol. The molecule has 0 radical (unpaired) electrons. The Morgan fingerprint density at radius 3 is 2.12 bits per heavy atom. The molecule has 1 aromatic heterocycles. The Morgan fingerprint density at radius 2 is 1.71 bits per heavy atom. The number of hydrogen-bond donors (Lipinski definition) is 0. The van der Waals surface area contributed by atoms with Crippen molar-refractivity contribution in [2.24, 2.45) is 0 Å². The summed E-state index contributed by atoms with van der Waals surface area (Å²) in [7, 11) is -2.98. The Morgan fingerprint density at radius 1 is 1.18 bits per heavy atom. The second-order valence-electron chi connectivity index (χ2n) is 6.13. The molecule has 0 amide bonds. The first-order chi connectivity index (χ1) is 7.68. The molecule has 0 saturated carbocycles. The van der Waals surface area contributed by atoms with Gasteiger partial charge in [-0.2, -0.15) is 0 Å². The molecule has 0 unspecified atom stereocenters. The van der Waals surface area contributed by atoms with Crippen molar-refractivity contribution in [2.75, 3.05) is 4.23 Å². The number of nitrogens with zero attached hydrogens (tertiary/aromatic N) is 5. The fraction of sp³-hybridized carbons (Fsp3) is 0.700. The van der Waals surface area contributed by atoms with Crippen molar-refractivity contribution in [3.05, 3.63) is 12.7 Å². The third kappa shape index (κ3) is 3.25. The van der Waals surface area contributed by atoms with Crippen molar-refractivity contribution in [2.45, 2.75) is 45.8 Å². The topological polar surface area (TPSA) is 46.8 Å². The smallest absolute Gasteiger partial charge is 0.229 e. The normalized spacial score (nSPS) is 12.6. The molecule has 7 heteroatoms.